The van der Waals surface area contributed by atoms with Crippen LogP contribution in [0, 0.1) is 5.92 Å². The van der Waals surface area contributed by atoms with Crippen LogP contribution in [-0.2, 0) is 6.54 Å². The Morgan fingerprint density at radius 1 is 1.62 bits per heavy atom. The number of nitrogens with one attached hydrogen (secondary N) is 1. The molecule has 1 N–H and O–H groups in total. The second-order valence-electron chi connectivity index (χ2n) is 4.66. The fraction of sp³-hybridized carbons (Fsp3) is 0.750. The van der Waals surface area contributed by atoms with E-state index in [-0.39, 0.29) is 0 Å². The van der Waals surface area contributed by atoms with Gasteiger partial charge in [0.1, 0.15) is 0 Å². The van der Waals surface area contributed by atoms with E-state index in [0.717, 1.165) is 24.1 Å². The normalized spacial score (nSPS) is 17.8. The van der Waals surface area contributed by atoms with Gasteiger partial charge in [-0.1, -0.05) is 0 Å². The summed E-state index contributed by atoms with van der Waals surface area (Å²) in [5.74, 6) is 0.936. The minimum absolute atomic E-state index is 0.713. The number of nitrogens with zero attached hydrogens (tertiary/aromatic N) is 2. The summed E-state index contributed by atoms with van der Waals surface area (Å²) in [7, 11) is 2.22. The Balaban J connectivity index is 1.86. The predicted molar refractivity (Wildman–Crippen MR) is 69.9 cm³/mol. The van der Waals surface area contributed by atoms with Crippen molar-refractivity contribution in [3.05, 3.63) is 11.1 Å². The molecular weight excluding hydrogens is 218 g/mol. The molecule has 0 radical (unpaired) electrons. The highest BCUT2D eigenvalue weighted by atomic mass is 32.1. The van der Waals surface area contributed by atoms with Gasteiger partial charge >= 0.3 is 0 Å². The summed E-state index contributed by atoms with van der Waals surface area (Å²) in [5.41, 5.74) is 0. The Labute approximate surface area is 102 Å². The zero-order chi connectivity index (χ0) is 11.5. The SMILES string of the molecule is CCNc1ncc(CN(C)C(C)C2CC2)s1. The van der Waals surface area contributed by atoms with Crippen LogP contribution in [0.5, 0.6) is 0 Å². The first-order chi connectivity index (χ1) is 7.70. The van der Waals surface area contributed by atoms with Crippen molar-refractivity contribution in [2.75, 3.05) is 18.9 Å². The lowest BCUT2D eigenvalue weighted by molar-refractivity contribution is 0.228. The highest BCUT2D eigenvalue weighted by Crippen LogP contribution is 2.35. The van der Waals surface area contributed by atoms with Gasteiger partial charge in [0.25, 0.3) is 0 Å². The van der Waals surface area contributed by atoms with Crippen LogP contribution in [-0.4, -0.2) is 29.5 Å². The van der Waals surface area contributed by atoms with E-state index in [1.54, 1.807) is 11.3 Å². The standard InChI is InChI=1S/C12H21N3S/c1-4-13-12-14-7-11(16-12)8-15(3)9(2)10-5-6-10/h7,9-10H,4-6,8H2,1-3H3,(H,13,14). The molecular formula is C12H21N3S. The zero-order valence-electron chi connectivity index (χ0n) is 10.4. The quantitative estimate of drug-likeness (QED) is 0.827. The Bertz CT molecular complexity index is 333. The first kappa shape index (κ1) is 11.9. The zero-order valence-corrected chi connectivity index (χ0v) is 11.2. The van der Waals surface area contributed by atoms with Crippen LogP contribution in [0.15, 0.2) is 6.20 Å². The number of aromatic nitrogens is 1. The van der Waals surface area contributed by atoms with Crippen LogP contribution in [0.1, 0.15) is 31.6 Å². The molecule has 0 saturated heterocycles. The molecule has 1 aliphatic rings. The molecule has 2 rings (SSSR count). The molecule has 0 spiro atoms. The predicted octanol–water partition coefficient (Wildman–Crippen LogP) is 2.81. The lowest BCUT2D eigenvalue weighted by Crippen LogP contribution is -2.29. The molecule has 1 aromatic heterocycles. The maximum atomic E-state index is 4.36. The average molecular weight is 239 g/mol. The van der Waals surface area contributed by atoms with E-state index >= 15 is 0 Å². The third-order valence-electron chi connectivity index (χ3n) is 3.29. The van der Waals surface area contributed by atoms with E-state index in [2.05, 4.69) is 36.1 Å². The van der Waals surface area contributed by atoms with Crippen molar-refractivity contribution in [2.45, 2.75) is 39.3 Å². The molecule has 1 atom stereocenters. The number of rotatable bonds is 6. The van der Waals surface area contributed by atoms with E-state index in [1.807, 2.05) is 6.20 Å². The molecule has 16 heavy (non-hydrogen) atoms. The van der Waals surface area contributed by atoms with E-state index in [4.69, 9.17) is 0 Å². The fourth-order valence-electron chi connectivity index (χ4n) is 1.94. The number of thiazole rings is 1. The van der Waals surface area contributed by atoms with Crippen LogP contribution >= 0.6 is 11.3 Å². The van der Waals surface area contributed by atoms with Gasteiger partial charge in [-0.05, 0) is 39.7 Å². The van der Waals surface area contributed by atoms with Crippen molar-refractivity contribution in [1.29, 1.82) is 0 Å². The molecule has 1 heterocycles. The highest BCUT2D eigenvalue weighted by molar-refractivity contribution is 7.15. The summed E-state index contributed by atoms with van der Waals surface area (Å²) in [5, 5.41) is 4.30. The molecule has 0 aromatic carbocycles. The van der Waals surface area contributed by atoms with Gasteiger partial charge in [0, 0.05) is 30.2 Å². The van der Waals surface area contributed by atoms with E-state index in [9.17, 15) is 0 Å². The van der Waals surface area contributed by atoms with E-state index < -0.39 is 0 Å². The molecule has 1 saturated carbocycles. The first-order valence-electron chi connectivity index (χ1n) is 6.09. The lowest BCUT2D eigenvalue weighted by Gasteiger charge is -2.23. The Morgan fingerprint density at radius 2 is 2.38 bits per heavy atom. The van der Waals surface area contributed by atoms with E-state index in [1.165, 1.54) is 17.7 Å². The number of anilines is 1. The average Bonchev–Trinajstić information content (AvgIpc) is 3.02. The Kier molecular flexibility index (Phi) is 3.82. The summed E-state index contributed by atoms with van der Waals surface area (Å²) < 4.78 is 0. The minimum atomic E-state index is 0.713. The van der Waals surface area contributed by atoms with Gasteiger partial charge in [-0.15, -0.1) is 11.3 Å². The van der Waals surface area contributed by atoms with Gasteiger partial charge in [-0.25, -0.2) is 4.98 Å². The Morgan fingerprint density at radius 3 is 3.00 bits per heavy atom. The van der Waals surface area contributed by atoms with Crippen molar-refractivity contribution >= 4 is 16.5 Å². The van der Waals surface area contributed by atoms with Gasteiger partial charge in [0.2, 0.25) is 0 Å². The van der Waals surface area contributed by atoms with Gasteiger partial charge in [-0.3, -0.25) is 4.90 Å². The third kappa shape index (κ3) is 2.95. The van der Waals surface area contributed by atoms with Crippen LogP contribution < -0.4 is 5.32 Å². The van der Waals surface area contributed by atoms with Gasteiger partial charge < -0.3 is 5.32 Å². The largest absolute Gasteiger partial charge is 0.362 e. The van der Waals surface area contributed by atoms with Crippen molar-refractivity contribution in [2.24, 2.45) is 5.92 Å². The molecule has 0 amide bonds. The van der Waals surface area contributed by atoms with Crippen LogP contribution in [0.25, 0.3) is 0 Å². The fourth-order valence-corrected chi connectivity index (χ4v) is 2.89. The van der Waals surface area contributed by atoms with Crippen molar-refractivity contribution in [1.82, 2.24) is 9.88 Å². The summed E-state index contributed by atoms with van der Waals surface area (Å²) in [6, 6.07) is 0.713. The van der Waals surface area contributed by atoms with Gasteiger partial charge in [0.15, 0.2) is 5.13 Å². The van der Waals surface area contributed by atoms with Crippen LogP contribution in [0.4, 0.5) is 5.13 Å². The first-order valence-corrected chi connectivity index (χ1v) is 6.91. The second kappa shape index (κ2) is 5.15. The molecule has 0 bridgehead atoms. The second-order valence-corrected chi connectivity index (χ2v) is 5.77. The molecule has 1 aromatic rings. The summed E-state index contributed by atoms with van der Waals surface area (Å²) in [4.78, 5) is 8.16. The van der Waals surface area contributed by atoms with Crippen molar-refractivity contribution < 1.29 is 0 Å². The molecule has 1 fully saturated rings. The molecule has 4 heteroatoms. The minimum Gasteiger partial charge on any atom is -0.362 e. The number of hydrogen-bond donors (Lipinski definition) is 1. The Hall–Kier alpha value is -0.610. The highest BCUT2D eigenvalue weighted by Gasteiger charge is 2.30. The lowest BCUT2D eigenvalue weighted by atomic mass is 10.2. The van der Waals surface area contributed by atoms with Gasteiger partial charge in [0.05, 0.1) is 0 Å². The summed E-state index contributed by atoms with van der Waals surface area (Å²) >= 11 is 1.77. The molecule has 3 nitrogen and oxygen atoms in total. The smallest absolute Gasteiger partial charge is 0.182 e. The van der Waals surface area contributed by atoms with E-state index in [0.29, 0.717) is 6.04 Å². The van der Waals surface area contributed by atoms with Crippen molar-refractivity contribution in [3.63, 3.8) is 0 Å². The molecule has 1 unspecified atom stereocenters. The molecule has 0 aliphatic heterocycles. The monoisotopic (exact) mass is 239 g/mol. The molecule has 1 aliphatic carbocycles. The topological polar surface area (TPSA) is 28.2 Å². The van der Waals surface area contributed by atoms with Crippen LogP contribution in [0.2, 0.25) is 0 Å². The third-order valence-corrected chi connectivity index (χ3v) is 4.23. The maximum absolute atomic E-state index is 4.36. The van der Waals surface area contributed by atoms with Crippen molar-refractivity contribution in [3.8, 4) is 0 Å². The summed E-state index contributed by atoms with van der Waals surface area (Å²) in [6.45, 7) is 6.41. The summed E-state index contributed by atoms with van der Waals surface area (Å²) in [6.07, 6.45) is 4.83. The van der Waals surface area contributed by atoms with Crippen LogP contribution in [0.3, 0.4) is 0 Å². The number of hydrogen-bond acceptors (Lipinski definition) is 4. The molecule has 90 valence electrons. The van der Waals surface area contributed by atoms with Gasteiger partial charge in [-0.2, -0.15) is 0 Å². The maximum Gasteiger partial charge on any atom is 0.182 e.